The van der Waals surface area contributed by atoms with E-state index < -0.39 is 0 Å². The van der Waals surface area contributed by atoms with Crippen molar-refractivity contribution in [2.24, 2.45) is 5.92 Å². The molecule has 1 amide bonds. The van der Waals surface area contributed by atoms with E-state index in [4.69, 9.17) is 4.74 Å². The maximum absolute atomic E-state index is 12.1. The first-order valence-electron chi connectivity index (χ1n) is 6.42. The first kappa shape index (κ1) is 12.2. The van der Waals surface area contributed by atoms with Crippen LogP contribution in [-0.4, -0.2) is 24.7 Å². The number of amides is 1. The van der Waals surface area contributed by atoms with Crippen LogP contribution in [0.3, 0.4) is 0 Å². The van der Waals surface area contributed by atoms with E-state index in [1.165, 1.54) is 12.8 Å². The highest BCUT2D eigenvalue weighted by Gasteiger charge is 2.41. The molecule has 0 spiro atoms. The Hall–Kier alpha value is -0.870. The zero-order valence-electron chi connectivity index (χ0n) is 10.1. The third-order valence-electron chi connectivity index (χ3n) is 3.65. The average molecular weight is 310 g/mol. The normalized spacial score (nSPS) is 27.2. The summed E-state index contributed by atoms with van der Waals surface area (Å²) < 4.78 is 6.71. The average Bonchev–Trinajstić information content (AvgIpc) is 3.11. The van der Waals surface area contributed by atoms with Gasteiger partial charge in [-0.3, -0.25) is 4.79 Å². The van der Waals surface area contributed by atoms with Gasteiger partial charge < -0.3 is 10.1 Å². The monoisotopic (exact) mass is 309 g/mol. The predicted molar refractivity (Wildman–Crippen MR) is 72.5 cm³/mol. The molecule has 1 saturated carbocycles. The SMILES string of the molecule is O=C(NC1CCOC1C1CC1)c1ccc(Br)cc1. The third kappa shape index (κ3) is 2.59. The summed E-state index contributed by atoms with van der Waals surface area (Å²) in [5.41, 5.74) is 0.708. The Balaban J connectivity index is 1.64. The summed E-state index contributed by atoms with van der Waals surface area (Å²) in [5, 5.41) is 3.11. The highest BCUT2D eigenvalue weighted by molar-refractivity contribution is 9.10. The minimum Gasteiger partial charge on any atom is -0.376 e. The number of rotatable bonds is 3. The lowest BCUT2D eigenvalue weighted by Gasteiger charge is -2.19. The van der Waals surface area contributed by atoms with Crippen molar-refractivity contribution in [1.82, 2.24) is 5.32 Å². The van der Waals surface area contributed by atoms with Crippen molar-refractivity contribution < 1.29 is 9.53 Å². The summed E-state index contributed by atoms with van der Waals surface area (Å²) >= 11 is 3.37. The van der Waals surface area contributed by atoms with Crippen LogP contribution in [0.4, 0.5) is 0 Å². The van der Waals surface area contributed by atoms with Gasteiger partial charge in [-0.2, -0.15) is 0 Å². The number of nitrogens with one attached hydrogen (secondary N) is 1. The van der Waals surface area contributed by atoms with Crippen molar-refractivity contribution in [2.75, 3.05) is 6.61 Å². The Bertz CT molecular complexity index is 442. The lowest BCUT2D eigenvalue weighted by Crippen LogP contribution is -2.41. The van der Waals surface area contributed by atoms with Gasteiger partial charge in [0.05, 0.1) is 12.1 Å². The van der Waals surface area contributed by atoms with Crippen LogP contribution >= 0.6 is 15.9 Å². The van der Waals surface area contributed by atoms with Crippen LogP contribution in [0.15, 0.2) is 28.7 Å². The molecule has 2 aliphatic rings. The molecule has 1 aromatic carbocycles. The molecule has 96 valence electrons. The fraction of sp³-hybridized carbons (Fsp3) is 0.500. The van der Waals surface area contributed by atoms with Crippen LogP contribution < -0.4 is 5.32 Å². The molecule has 2 unspecified atom stereocenters. The molecule has 2 atom stereocenters. The molecule has 2 fully saturated rings. The minimum atomic E-state index is 0.00338. The molecule has 0 aromatic heterocycles. The number of carbonyl (C=O) groups excluding carboxylic acids is 1. The van der Waals surface area contributed by atoms with Gasteiger partial charge in [0.1, 0.15) is 0 Å². The Morgan fingerprint density at radius 2 is 1.94 bits per heavy atom. The van der Waals surface area contributed by atoms with Gasteiger partial charge in [0, 0.05) is 16.6 Å². The number of hydrogen-bond donors (Lipinski definition) is 1. The van der Waals surface area contributed by atoms with Crippen molar-refractivity contribution in [1.29, 1.82) is 0 Å². The number of hydrogen-bond acceptors (Lipinski definition) is 2. The minimum absolute atomic E-state index is 0.00338. The molecule has 3 rings (SSSR count). The van der Waals surface area contributed by atoms with E-state index >= 15 is 0 Å². The molecule has 1 aliphatic heterocycles. The predicted octanol–water partition coefficient (Wildman–Crippen LogP) is 2.75. The summed E-state index contributed by atoms with van der Waals surface area (Å²) in [6.45, 7) is 0.770. The number of benzene rings is 1. The van der Waals surface area contributed by atoms with Crippen LogP contribution in [0.5, 0.6) is 0 Å². The molecule has 0 radical (unpaired) electrons. The standard InChI is InChI=1S/C14H16BrNO2/c15-11-5-3-10(4-6-11)14(17)16-12-7-8-18-13(12)9-1-2-9/h3-6,9,12-13H,1-2,7-8H2,(H,16,17). The van der Waals surface area contributed by atoms with Gasteiger partial charge in [0.25, 0.3) is 5.91 Å². The maximum Gasteiger partial charge on any atom is 0.251 e. The van der Waals surface area contributed by atoms with E-state index in [0.717, 1.165) is 17.5 Å². The smallest absolute Gasteiger partial charge is 0.251 e. The quantitative estimate of drug-likeness (QED) is 0.932. The summed E-state index contributed by atoms with van der Waals surface area (Å²) in [7, 11) is 0. The van der Waals surface area contributed by atoms with Crippen LogP contribution in [0.2, 0.25) is 0 Å². The Labute approximate surface area is 115 Å². The second-order valence-electron chi connectivity index (χ2n) is 5.05. The van der Waals surface area contributed by atoms with Crippen molar-refractivity contribution in [3.05, 3.63) is 34.3 Å². The summed E-state index contributed by atoms with van der Waals surface area (Å²) in [4.78, 5) is 12.1. The highest BCUT2D eigenvalue weighted by Crippen LogP contribution is 2.38. The van der Waals surface area contributed by atoms with Crippen LogP contribution in [0.25, 0.3) is 0 Å². The van der Waals surface area contributed by atoms with Crippen LogP contribution in [0, 0.1) is 5.92 Å². The molecule has 3 nitrogen and oxygen atoms in total. The Morgan fingerprint density at radius 3 is 2.61 bits per heavy atom. The zero-order valence-corrected chi connectivity index (χ0v) is 11.7. The first-order chi connectivity index (χ1) is 8.74. The van der Waals surface area contributed by atoms with Crippen molar-refractivity contribution in [2.45, 2.75) is 31.4 Å². The topological polar surface area (TPSA) is 38.3 Å². The largest absolute Gasteiger partial charge is 0.376 e. The summed E-state index contributed by atoms with van der Waals surface area (Å²) in [6, 6.07) is 7.63. The molecule has 0 bridgehead atoms. The van der Waals surface area contributed by atoms with Gasteiger partial charge in [-0.1, -0.05) is 15.9 Å². The number of carbonyl (C=O) groups is 1. The third-order valence-corrected chi connectivity index (χ3v) is 4.17. The van der Waals surface area contributed by atoms with E-state index in [1.54, 1.807) is 0 Å². The van der Waals surface area contributed by atoms with Gasteiger partial charge >= 0.3 is 0 Å². The molecule has 1 saturated heterocycles. The molecule has 1 heterocycles. The van der Waals surface area contributed by atoms with Gasteiger partial charge in [0.2, 0.25) is 0 Å². The fourth-order valence-electron chi connectivity index (χ4n) is 2.51. The van der Waals surface area contributed by atoms with Gasteiger partial charge in [-0.25, -0.2) is 0 Å². The van der Waals surface area contributed by atoms with E-state index in [2.05, 4.69) is 21.2 Å². The molecular weight excluding hydrogens is 294 g/mol. The van der Waals surface area contributed by atoms with E-state index in [9.17, 15) is 4.79 Å². The van der Waals surface area contributed by atoms with Gasteiger partial charge in [-0.05, 0) is 49.4 Å². The number of ether oxygens (including phenoxy) is 1. The van der Waals surface area contributed by atoms with E-state index in [-0.39, 0.29) is 18.1 Å². The fourth-order valence-corrected chi connectivity index (χ4v) is 2.77. The molecule has 1 N–H and O–H groups in total. The number of halogens is 1. The zero-order chi connectivity index (χ0) is 12.5. The molecule has 18 heavy (non-hydrogen) atoms. The van der Waals surface area contributed by atoms with E-state index in [0.29, 0.717) is 11.5 Å². The molecular formula is C14H16BrNO2. The summed E-state index contributed by atoms with van der Waals surface area (Å²) in [6.07, 6.45) is 3.66. The molecule has 1 aromatic rings. The maximum atomic E-state index is 12.1. The van der Waals surface area contributed by atoms with Crippen LogP contribution in [-0.2, 0) is 4.74 Å². The van der Waals surface area contributed by atoms with Crippen molar-refractivity contribution >= 4 is 21.8 Å². The lowest BCUT2D eigenvalue weighted by atomic mass is 10.1. The Kier molecular flexibility index (Phi) is 3.39. The van der Waals surface area contributed by atoms with Crippen LogP contribution in [0.1, 0.15) is 29.6 Å². The highest BCUT2D eigenvalue weighted by atomic mass is 79.9. The van der Waals surface area contributed by atoms with Gasteiger partial charge in [-0.15, -0.1) is 0 Å². The Morgan fingerprint density at radius 1 is 1.22 bits per heavy atom. The van der Waals surface area contributed by atoms with E-state index in [1.807, 2.05) is 24.3 Å². The molecule has 1 aliphatic carbocycles. The lowest BCUT2D eigenvalue weighted by molar-refractivity contribution is 0.0729. The second-order valence-corrected chi connectivity index (χ2v) is 5.96. The first-order valence-corrected chi connectivity index (χ1v) is 7.21. The van der Waals surface area contributed by atoms with Crippen molar-refractivity contribution in [3.63, 3.8) is 0 Å². The van der Waals surface area contributed by atoms with Crippen molar-refractivity contribution in [3.8, 4) is 0 Å². The summed E-state index contributed by atoms with van der Waals surface area (Å²) in [5.74, 6) is 0.673. The molecule has 4 heteroatoms. The van der Waals surface area contributed by atoms with Gasteiger partial charge in [0.15, 0.2) is 0 Å². The second kappa shape index (κ2) is 5.02.